The maximum atomic E-state index is 13.5. The van der Waals surface area contributed by atoms with E-state index in [1.165, 1.54) is 0 Å². The van der Waals surface area contributed by atoms with Crippen molar-refractivity contribution in [2.24, 2.45) is 0 Å². The molecular weight excluding hydrogens is 255 g/mol. The van der Waals surface area contributed by atoms with Crippen LogP contribution in [0.25, 0.3) is 0 Å². The lowest BCUT2D eigenvalue weighted by Gasteiger charge is -2.23. The summed E-state index contributed by atoms with van der Waals surface area (Å²) in [6, 6.07) is 14.6. The highest BCUT2D eigenvalue weighted by molar-refractivity contribution is 7.79. The van der Waals surface area contributed by atoms with Crippen molar-refractivity contribution in [3.05, 3.63) is 48.5 Å². The van der Waals surface area contributed by atoms with Gasteiger partial charge in [-0.05, 0) is 48.5 Å². The molecule has 0 aliphatic heterocycles. The lowest BCUT2D eigenvalue weighted by Crippen LogP contribution is -2.22. The van der Waals surface area contributed by atoms with Crippen LogP contribution in [0.5, 0.6) is 0 Å². The Bertz CT molecular complexity index is 554. The molecule has 0 fully saturated rings. The minimum absolute atomic E-state index is 0.0275. The van der Waals surface area contributed by atoms with Crippen LogP contribution in [0.15, 0.2) is 48.5 Å². The fourth-order valence-electron chi connectivity index (χ4n) is 2.14. The van der Waals surface area contributed by atoms with Crippen molar-refractivity contribution in [3.8, 4) is 0 Å². The van der Waals surface area contributed by atoms with Gasteiger partial charge in [0.15, 0.2) is 0 Å². The summed E-state index contributed by atoms with van der Waals surface area (Å²) in [4.78, 5) is 0. The maximum Gasteiger partial charge on any atom is 0.145 e. The first-order valence-corrected chi connectivity index (χ1v) is 8.04. The molecule has 0 atom stereocenters. The SMILES string of the molecule is CC(C)P(=O)(c1ccc(N)cc1)c1ccc(N)cc1. The molecule has 0 radical (unpaired) electrons. The lowest BCUT2D eigenvalue weighted by molar-refractivity contribution is 0.581. The summed E-state index contributed by atoms with van der Waals surface area (Å²) in [6.45, 7) is 3.96. The van der Waals surface area contributed by atoms with Crippen molar-refractivity contribution in [2.45, 2.75) is 19.5 Å². The van der Waals surface area contributed by atoms with E-state index in [9.17, 15) is 4.57 Å². The van der Waals surface area contributed by atoms with Gasteiger partial charge in [0.05, 0.1) is 0 Å². The first-order chi connectivity index (χ1) is 8.94. The first-order valence-electron chi connectivity index (χ1n) is 6.26. The number of anilines is 2. The van der Waals surface area contributed by atoms with Crippen molar-refractivity contribution in [1.82, 2.24) is 0 Å². The van der Waals surface area contributed by atoms with Gasteiger partial charge in [-0.15, -0.1) is 0 Å². The highest BCUT2D eigenvalue weighted by Gasteiger charge is 2.30. The topological polar surface area (TPSA) is 69.1 Å². The lowest BCUT2D eigenvalue weighted by atomic mass is 10.3. The van der Waals surface area contributed by atoms with E-state index in [0.29, 0.717) is 11.4 Å². The van der Waals surface area contributed by atoms with Crippen molar-refractivity contribution in [1.29, 1.82) is 0 Å². The summed E-state index contributed by atoms with van der Waals surface area (Å²) in [6.07, 6.45) is 0. The second kappa shape index (κ2) is 5.10. The number of hydrogen-bond donors (Lipinski definition) is 2. The molecule has 4 N–H and O–H groups in total. The van der Waals surface area contributed by atoms with Gasteiger partial charge in [-0.1, -0.05) is 13.8 Å². The molecule has 0 heterocycles. The summed E-state index contributed by atoms with van der Waals surface area (Å²) >= 11 is 0. The average Bonchev–Trinajstić information content (AvgIpc) is 2.39. The quantitative estimate of drug-likeness (QED) is 0.667. The number of nitrogen functional groups attached to an aromatic ring is 2. The molecule has 0 saturated heterocycles. The first kappa shape index (κ1) is 13.7. The molecule has 100 valence electrons. The van der Waals surface area contributed by atoms with Gasteiger partial charge in [0.25, 0.3) is 0 Å². The largest absolute Gasteiger partial charge is 0.399 e. The molecular formula is C15H19N2OP. The van der Waals surface area contributed by atoms with Crippen LogP contribution in [0, 0.1) is 0 Å². The van der Waals surface area contributed by atoms with E-state index in [0.717, 1.165) is 10.6 Å². The molecule has 0 saturated carbocycles. The van der Waals surface area contributed by atoms with Crippen LogP contribution in [-0.2, 0) is 4.57 Å². The molecule has 0 aliphatic rings. The van der Waals surface area contributed by atoms with E-state index in [1.54, 1.807) is 24.3 Å². The fourth-order valence-corrected chi connectivity index (χ4v) is 4.81. The summed E-state index contributed by atoms with van der Waals surface area (Å²) < 4.78 is 13.5. The number of nitrogens with two attached hydrogens (primary N) is 2. The molecule has 0 aromatic heterocycles. The van der Waals surface area contributed by atoms with Crippen LogP contribution in [0.3, 0.4) is 0 Å². The van der Waals surface area contributed by atoms with Crippen LogP contribution in [0.4, 0.5) is 11.4 Å². The second-order valence-electron chi connectivity index (χ2n) is 4.93. The third-order valence-corrected chi connectivity index (χ3v) is 6.87. The van der Waals surface area contributed by atoms with E-state index >= 15 is 0 Å². The Balaban J connectivity index is 2.58. The van der Waals surface area contributed by atoms with E-state index < -0.39 is 7.14 Å². The Morgan fingerprint density at radius 1 is 0.789 bits per heavy atom. The van der Waals surface area contributed by atoms with Crippen LogP contribution in [0.1, 0.15) is 13.8 Å². The summed E-state index contributed by atoms with van der Waals surface area (Å²) in [5.41, 5.74) is 12.8. The molecule has 4 heteroatoms. The van der Waals surface area contributed by atoms with Gasteiger partial charge >= 0.3 is 0 Å². The zero-order chi connectivity index (χ0) is 14.0. The minimum Gasteiger partial charge on any atom is -0.399 e. The Morgan fingerprint density at radius 2 is 1.11 bits per heavy atom. The Morgan fingerprint density at radius 3 is 1.37 bits per heavy atom. The number of benzene rings is 2. The molecule has 0 amide bonds. The van der Waals surface area contributed by atoms with Gasteiger partial charge < -0.3 is 16.0 Å². The van der Waals surface area contributed by atoms with Crippen LogP contribution in [-0.4, -0.2) is 5.66 Å². The molecule has 19 heavy (non-hydrogen) atoms. The Kier molecular flexibility index (Phi) is 3.68. The fraction of sp³-hybridized carbons (Fsp3) is 0.200. The monoisotopic (exact) mass is 274 g/mol. The minimum atomic E-state index is -2.65. The third kappa shape index (κ3) is 2.52. The molecule has 0 unspecified atom stereocenters. The number of hydrogen-bond acceptors (Lipinski definition) is 3. The van der Waals surface area contributed by atoms with E-state index in [1.807, 2.05) is 38.1 Å². The molecule has 3 nitrogen and oxygen atoms in total. The van der Waals surface area contributed by atoms with Gasteiger partial charge in [0.1, 0.15) is 7.14 Å². The predicted molar refractivity (Wildman–Crippen MR) is 83.7 cm³/mol. The number of rotatable bonds is 3. The van der Waals surface area contributed by atoms with E-state index in [-0.39, 0.29) is 5.66 Å². The highest BCUT2D eigenvalue weighted by atomic mass is 31.2. The van der Waals surface area contributed by atoms with Gasteiger partial charge in [0, 0.05) is 27.6 Å². The normalized spacial score (nSPS) is 11.7. The molecule has 2 aromatic carbocycles. The molecule has 0 aliphatic carbocycles. The van der Waals surface area contributed by atoms with Crippen molar-refractivity contribution < 1.29 is 4.57 Å². The second-order valence-corrected chi connectivity index (χ2v) is 8.32. The van der Waals surface area contributed by atoms with Gasteiger partial charge in [-0.25, -0.2) is 0 Å². The molecule has 0 bridgehead atoms. The summed E-state index contributed by atoms with van der Waals surface area (Å²) in [5, 5.41) is 1.67. The smallest absolute Gasteiger partial charge is 0.145 e. The summed E-state index contributed by atoms with van der Waals surface area (Å²) in [7, 11) is -2.65. The van der Waals surface area contributed by atoms with E-state index in [4.69, 9.17) is 11.5 Å². The average molecular weight is 274 g/mol. The molecule has 2 aromatic rings. The zero-order valence-corrected chi connectivity index (χ0v) is 12.1. The zero-order valence-electron chi connectivity index (χ0n) is 11.2. The van der Waals surface area contributed by atoms with Gasteiger partial charge in [-0.3, -0.25) is 0 Å². The van der Waals surface area contributed by atoms with Gasteiger partial charge in [0.2, 0.25) is 0 Å². The van der Waals surface area contributed by atoms with Crippen molar-refractivity contribution >= 4 is 29.1 Å². The molecule has 0 spiro atoms. The maximum absolute atomic E-state index is 13.5. The standard InChI is InChI=1S/C15H19N2OP/c1-11(2)19(18,14-7-3-12(16)4-8-14)15-9-5-13(17)6-10-15/h3-11H,16-17H2,1-2H3. The highest BCUT2D eigenvalue weighted by Crippen LogP contribution is 2.48. The van der Waals surface area contributed by atoms with Gasteiger partial charge in [-0.2, -0.15) is 0 Å². The van der Waals surface area contributed by atoms with Crippen LogP contribution >= 0.6 is 7.14 Å². The summed E-state index contributed by atoms with van der Waals surface area (Å²) in [5.74, 6) is 0. The Hall–Kier alpha value is -1.73. The van der Waals surface area contributed by atoms with Crippen LogP contribution < -0.4 is 22.1 Å². The van der Waals surface area contributed by atoms with E-state index in [2.05, 4.69) is 0 Å². The van der Waals surface area contributed by atoms with Crippen molar-refractivity contribution in [2.75, 3.05) is 11.5 Å². The van der Waals surface area contributed by atoms with Crippen LogP contribution in [0.2, 0.25) is 0 Å². The molecule has 2 rings (SSSR count). The Labute approximate surface area is 114 Å². The third-order valence-electron chi connectivity index (χ3n) is 3.28. The van der Waals surface area contributed by atoms with Crippen molar-refractivity contribution in [3.63, 3.8) is 0 Å². The predicted octanol–water partition coefficient (Wildman–Crippen LogP) is 2.57.